The predicted octanol–water partition coefficient (Wildman–Crippen LogP) is 2.45. The van der Waals surface area contributed by atoms with Gasteiger partial charge in [-0.1, -0.05) is 30.3 Å². The maximum atomic E-state index is 5.96. The molecule has 1 fully saturated rings. The summed E-state index contributed by atoms with van der Waals surface area (Å²) in [6.07, 6.45) is 3.85. The third-order valence-electron chi connectivity index (χ3n) is 3.85. The summed E-state index contributed by atoms with van der Waals surface area (Å²) in [6.45, 7) is 8.07. The lowest BCUT2D eigenvalue weighted by molar-refractivity contribution is -0.131. The lowest BCUT2D eigenvalue weighted by Crippen LogP contribution is -2.54. The van der Waals surface area contributed by atoms with Crippen molar-refractivity contribution in [2.45, 2.75) is 44.8 Å². The van der Waals surface area contributed by atoms with Gasteiger partial charge < -0.3 is 10.5 Å². The van der Waals surface area contributed by atoms with Crippen molar-refractivity contribution in [3.05, 3.63) is 35.9 Å². The summed E-state index contributed by atoms with van der Waals surface area (Å²) >= 11 is 0. The molecule has 2 N–H and O–H groups in total. The Morgan fingerprint density at radius 2 is 2.00 bits per heavy atom. The van der Waals surface area contributed by atoms with Gasteiger partial charge in [-0.15, -0.1) is 0 Å². The van der Waals surface area contributed by atoms with Crippen LogP contribution >= 0.6 is 0 Å². The van der Waals surface area contributed by atoms with Crippen molar-refractivity contribution in [3.63, 3.8) is 0 Å². The van der Waals surface area contributed by atoms with Crippen LogP contribution in [-0.2, 0) is 11.2 Å². The summed E-state index contributed by atoms with van der Waals surface area (Å²) in [5.74, 6) is 0. The van der Waals surface area contributed by atoms with Gasteiger partial charge in [0.25, 0.3) is 0 Å². The molecule has 0 aliphatic carbocycles. The van der Waals surface area contributed by atoms with Gasteiger partial charge in [-0.3, -0.25) is 4.90 Å². The minimum absolute atomic E-state index is 0.0677. The molecule has 0 spiro atoms. The van der Waals surface area contributed by atoms with Crippen molar-refractivity contribution < 1.29 is 4.74 Å². The van der Waals surface area contributed by atoms with E-state index in [1.807, 2.05) is 0 Å². The second-order valence-electron chi connectivity index (χ2n) is 6.41. The highest BCUT2D eigenvalue weighted by molar-refractivity contribution is 5.14. The largest absolute Gasteiger partial charge is 0.368 e. The first kappa shape index (κ1) is 15.5. The third-order valence-corrected chi connectivity index (χ3v) is 3.85. The van der Waals surface area contributed by atoms with Crippen LogP contribution in [0.5, 0.6) is 0 Å². The molecule has 0 aromatic heterocycles. The smallest absolute Gasteiger partial charge is 0.0831 e. The molecule has 0 radical (unpaired) electrons. The molecule has 1 aromatic rings. The lowest BCUT2D eigenvalue weighted by Gasteiger charge is -2.42. The Morgan fingerprint density at radius 3 is 2.70 bits per heavy atom. The van der Waals surface area contributed by atoms with Crippen molar-refractivity contribution in [3.8, 4) is 0 Å². The van der Waals surface area contributed by atoms with E-state index in [-0.39, 0.29) is 11.7 Å². The number of aryl methyl sites for hydroxylation is 1. The molecule has 112 valence electrons. The molecule has 1 atom stereocenters. The molecule has 1 saturated heterocycles. The highest BCUT2D eigenvalue weighted by Crippen LogP contribution is 2.21. The molecule has 0 saturated carbocycles. The molecule has 0 amide bonds. The first-order chi connectivity index (χ1) is 9.59. The Labute approximate surface area is 123 Å². The Kier molecular flexibility index (Phi) is 5.58. The van der Waals surface area contributed by atoms with E-state index >= 15 is 0 Å². The van der Waals surface area contributed by atoms with Gasteiger partial charge in [0, 0.05) is 19.6 Å². The average Bonchev–Trinajstić information content (AvgIpc) is 2.43. The topological polar surface area (TPSA) is 38.5 Å². The number of nitrogens with zero attached hydrogens (tertiary/aromatic N) is 1. The van der Waals surface area contributed by atoms with Crippen LogP contribution in [-0.4, -0.2) is 42.8 Å². The summed E-state index contributed by atoms with van der Waals surface area (Å²) in [5.41, 5.74) is 7.14. The number of rotatable bonds is 6. The summed E-state index contributed by atoms with van der Waals surface area (Å²) in [6, 6.07) is 10.7. The van der Waals surface area contributed by atoms with E-state index < -0.39 is 0 Å². The number of unbranched alkanes of at least 4 members (excludes halogenated alkanes) is 1. The second-order valence-corrected chi connectivity index (χ2v) is 6.41. The molecule has 1 heterocycles. The number of morpholine rings is 1. The van der Waals surface area contributed by atoms with Crippen LogP contribution in [0.3, 0.4) is 0 Å². The van der Waals surface area contributed by atoms with Gasteiger partial charge in [0.1, 0.15) is 0 Å². The summed E-state index contributed by atoms with van der Waals surface area (Å²) in [4.78, 5) is 2.51. The van der Waals surface area contributed by atoms with Gasteiger partial charge in [-0.25, -0.2) is 0 Å². The van der Waals surface area contributed by atoms with Crippen molar-refractivity contribution in [1.82, 2.24) is 4.90 Å². The van der Waals surface area contributed by atoms with E-state index in [9.17, 15) is 0 Å². The third kappa shape index (κ3) is 4.89. The van der Waals surface area contributed by atoms with Crippen LogP contribution < -0.4 is 5.73 Å². The van der Waals surface area contributed by atoms with Gasteiger partial charge in [0.15, 0.2) is 0 Å². The van der Waals surface area contributed by atoms with Crippen LogP contribution in [0, 0.1) is 0 Å². The standard InChI is InChI=1S/C17H28N2O/c1-17(2)14-19(13-16(12-18)20-17)11-7-6-10-15-8-4-3-5-9-15/h3-5,8-9,16H,6-7,10-14,18H2,1-2H3. The highest BCUT2D eigenvalue weighted by atomic mass is 16.5. The maximum Gasteiger partial charge on any atom is 0.0831 e. The van der Waals surface area contributed by atoms with E-state index in [0.29, 0.717) is 6.54 Å². The van der Waals surface area contributed by atoms with Crippen molar-refractivity contribution in [2.75, 3.05) is 26.2 Å². The molecular formula is C17H28N2O. The minimum Gasteiger partial charge on any atom is -0.368 e. The molecule has 1 aliphatic heterocycles. The Hall–Kier alpha value is -0.900. The van der Waals surface area contributed by atoms with Crippen molar-refractivity contribution in [1.29, 1.82) is 0 Å². The Bertz CT molecular complexity index is 391. The predicted molar refractivity (Wildman–Crippen MR) is 83.8 cm³/mol. The van der Waals surface area contributed by atoms with E-state index in [0.717, 1.165) is 19.6 Å². The van der Waals surface area contributed by atoms with Crippen molar-refractivity contribution >= 4 is 0 Å². The first-order valence-corrected chi connectivity index (χ1v) is 7.73. The molecule has 1 aliphatic rings. The summed E-state index contributed by atoms with van der Waals surface area (Å²) in [5, 5.41) is 0. The number of nitrogens with two attached hydrogens (primary N) is 1. The van der Waals surface area contributed by atoms with Crippen LogP contribution in [0.2, 0.25) is 0 Å². The highest BCUT2D eigenvalue weighted by Gasteiger charge is 2.32. The maximum absolute atomic E-state index is 5.96. The fraction of sp³-hybridized carbons (Fsp3) is 0.647. The van der Waals surface area contributed by atoms with E-state index in [2.05, 4.69) is 49.1 Å². The quantitative estimate of drug-likeness (QED) is 0.811. The molecule has 0 bridgehead atoms. The molecule has 2 rings (SSSR count). The molecule has 20 heavy (non-hydrogen) atoms. The van der Waals surface area contributed by atoms with Gasteiger partial charge >= 0.3 is 0 Å². The lowest BCUT2D eigenvalue weighted by atomic mass is 10.0. The van der Waals surface area contributed by atoms with Gasteiger partial charge in [0.2, 0.25) is 0 Å². The van der Waals surface area contributed by atoms with E-state index in [1.54, 1.807) is 0 Å². The summed E-state index contributed by atoms with van der Waals surface area (Å²) in [7, 11) is 0. The van der Waals surface area contributed by atoms with Crippen LogP contribution in [0.25, 0.3) is 0 Å². The Morgan fingerprint density at radius 1 is 1.25 bits per heavy atom. The fourth-order valence-corrected chi connectivity index (χ4v) is 3.02. The van der Waals surface area contributed by atoms with Crippen LogP contribution in [0.1, 0.15) is 32.3 Å². The Balaban J connectivity index is 1.71. The van der Waals surface area contributed by atoms with Gasteiger partial charge in [0.05, 0.1) is 11.7 Å². The zero-order valence-electron chi connectivity index (χ0n) is 12.8. The first-order valence-electron chi connectivity index (χ1n) is 7.73. The number of hydrogen-bond acceptors (Lipinski definition) is 3. The van der Waals surface area contributed by atoms with Gasteiger partial charge in [-0.2, -0.15) is 0 Å². The second kappa shape index (κ2) is 7.21. The molecule has 3 heteroatoms. The zero-order chi connectivity index (χ0) is 14.4. The monoisotopic (exact) mass is 276 g/mol. The van der Waals surface area contributed by atoms with Crippen LogP contribution in [0.4, 0.5) is 0 Å². The van der Waals surface area contributed by atoms with E-state index in [4.69, 9.17) is 10.5 Å². The van der Waals surface area contributed by atoms with E-state index in [1.165, 1.54) is 24.8 Å². The summed E-state index contributed by atoms with van der Waals surface area (Å²) < 4.78 is 5.96. The SMILES string of the molecule is CC1(C)CN(CCCCc2ccccc2)CC(CN)O1. The molecule has 1 aromatic carbocycles. The van der Waals surface area contributed by atoms with Gasteiger partial charge in [-0.05, 0) is 45.2 Å². The number of ether oxygens (including phenoxy) is 1. The normalized spacial score (nSPS) is 22.9. The fourth-order valence-electron chi connectivity index (χ4n) is 3.02. The van der Waals surface area contributed by atoms with Crippen LogP contribution in [0.15, 0.2) is 30.3 Å². The average molecular weight is 276 g/mol. The minimum atomic E-state index is -0.0677. The molecular weight excluding hydrogens is 248 g/mol. The molecule has 1 unspecified atom stereocenters. The molecule has 3 nitrogen and oxygen atoms in total. The number of hydrogen-bond donors (Lipinski definition) is 1. The van der Waals surface area contributed by atoms with Crippen molar-refractivity contribution in [2.24, 2.45) is 5.73 Å². The number of benzene rings is 1. The zero-order valence-corrected chi connectivity index (χ0v) is 12.8.